The summed E-state index contributed by atoms with van der Waals surface area (Å²) in [6.07, 6.45) is 1.74. The molecule has 0 aromatic heterocycles. The highest BCUT2D eigenvalue weighted by Gasteiger charge is 2.41. The monoisotopic (exact) mass is 618 g/mol. The molecule has 228 valence electrons. The molecule has 4 amide bonds. The summed E-state index contributed by atoms with van der Waals surface area (Å²) in [7, 11) is 3.89. The highest BCUT2D eigenvalue weighted by molar-refractivity contribution is 8.00. The van der Waals surface area contributed by atoms with Gasteiger partial charge in [-0.25, -0.2) is 4.90 Å². The van der Waals surface area contributed by atoms with Gasteiger partial charge >= 0.3 is 0 Å². The minimum absolute atomic E-state index is 0.0848. The largest absolute Gasteiger partial charge is 0.378 e. The number of hydrogen-bond acceptors (Lipinski definition) is 6. The van der Waals surface area contributed by atoms with Gasteiger partial charge in [-0.3, -0.25) is 19.2 Å². The second-order valence-electron chi connectivity index (χ2n) is 11.0. The first-order valence-electron chi connectivity index (χ1n) is 14.5. The van der Waals surface area contributed by atoms with Crippen LogP contribution in [-0.2, 0) is 14.4 Å². The van der Waals surface area contributed by atoms with Crippen LogP contribution < -0.4 is 20.4 Å². The molecule has 8 nitrogen and oxygen atoms in total. The number of rotatable bonds is 9. The Balaban J connectivity index is 1.30. The number of nitrogens with zero attached hydrogens (tertiary/aromatic N) is 2. The molecule has 1 atom stereocenters. The molecule has 0 spiro atoms. The van der Waals surface area contributed by atoms with Gasteiger partial charge in [0.15, 0.2) is 0 Å². The number of aryl methyl sites for hydroxylation is 2. The first-order chi connectivity index (χ1) is 21.6. The fourth-order valence-corrected chi connectivity index (χ4v) is 6.10. The van der Waals surface area contributed by atoms with Crippen molar-refractivity contribution < 1.29 is 19.2 Å². The van der Waals surface area contributed by atoms with Crippen molar-refractivity contribution in [2.45, 2.75) is 30.4 Å². The average Bonchev–Trinajstić information content (AvgIpc) is 3.30. The van der Waals surface area contributed by atoms with E-state index in [0.29, 0.717) is 16.9 Å². The maximum atomic E-state index is 13.4. The molecule has 2 N–H and O–H groups in total. The van der Waals surface area contributed by atoms with E-state index in [1.165, 1.54) is 16.7 Å². The van der Waals surface area contributed by atoms with E-state index in [1.807, 2.05) is 81.4 Å². The highest BCUT2D eigenvalue weighted by Crippen LogP contribution is 2.36. The normalized spacial score (nSPS) is 14.8. The summed E-state index contributed by atoms with van der Waals surface area (Å²) in [6.45, 7) is 3.79. The Morgan fingerprint density at radius 2 is 1.49 bits per heavy atom. The van der Waals surface area contributed by atoms with Crippen molar-refractivity contribution in [3.05, 3.63) is 125 Å². The first-order valence-corrected chi connectivity index (χ1v) is 15.4. The van der Waals surface area contributed by atoms with Gasteiger partial charge < -0.3 is 15.5 Å². The van der Waals surface area contributed by atoms with E-state index >= 15 is 0 Å². The smallest absolute Gasteiger partial charge is 0.272 e. The molecule has 45 heavy (non-hydrogen) atoms. The third kappa shape index (κ3) is 7.33. The van der Waals surface area contributed by atoms with E-state index in [-0.39, 0.29) is 23.9 Å². The number of carbonyl (C=O) groups excluding carboxylic acids is 4. The Morgan fingerprint density at radius 1 is 0.844 bits per heavy atom. The number of anilines is 3. The number of thioether (sulfide) groups is 1. The van der Waals surface area contributed by atoms with Gasteiger partial charge in [0, 0.05) is 42.3 Å². The number of carbonyl (C=O) groups is 4. The van der Waals surface area contributed by atoms with Crippen LogP contribution in [0.2, 0.25) is 0 Å². The number of nitrogens with one attached hydrogen (secondary N) is 2. The molecule has 4 aromatic carbocycles. The number of hydrogen-bond donors (Lipinski definition) is 2. The number of imide groups is 1. The molecule has 1 aliphatic rings. The minimum atomic E-state index is -0.543. The maximum absolute atomic E-state index is 13.4. The zero-order chi connectivity index (χ0) is 32.1. The van der Waals surface area contributed by atoms with Crippen LogP contribution in [0.25, 0.3) is 6.08 Å². The predicted molar refractivity (Wildman–Crippen MR) is 180 cm³/mol. The summed E-state index contributed by atoms with van der Waals surface area (Å²) in [4.78, 5) is 56.6. The van der Waals surface area contributed by atoms with Gasteiger partial charge in [0.05, 0.1) is 10.9 Å². The quantitative estimate of drug-likeness (QED) is 0.171. The van der Waals surface area contributed by atoms with Gasteiger partial charge in [-0.15, -0.1) is 11.8 Å². The number of amides is 4. The molecule has 1 saturated heterocycles. The van der Waals surface area contributed by atoms with Gasteiger partial charge in [0.1, 0.15) is 5.70 Å². The summed E-state index contributed by atoms with van der Waals surface area (Å²) in [5.41, 5.74) is 5.19. The standard InChI is InChI=1S/C36H34N4O4S/c1-23-9-8-10-24(2)33(23)40-32(41)22-31(36(40)44)45-29-19-15-27(16-20-29)37-35(43)30(38-34(42)26-11-6-5-7-12-26)21-25-13-17-28(18-14-25)39(3)4/h5-21,31H,22H2,1-4H3,(H,37,43)(H,38,42)/b30-21-. The van der Waals surface area contributed by atoms with Crippen molar-refractivity contribution in [3.8, 4) is 0 Å². The third-order valence-corrected chi connectivity index (χ3v) is 8.61. The predicted octanol–water partition coefficient (Wildman–Crippen LogP) is 6.20. The van der Waals surface area contributed by atoms with Crippen molar-refractivity contribution in [2.24, 2.45) is 0 Å². The van der Waals surface area contributed by atoms with E-state index < -0.39 is 17.1 Å². The maximum Gasteiger partial charge on any atom is 0.272 e. The summed E-state index contributed by atoms with van der Waals surface area (Å²) >= 11 is 1.32. The molecule has 0 saturated carbocycles. The van der Waals surface area contributed by atoms with E-state index in [0.717, 1.165) is 27.3 Å². The molecule has 1 unspecified atom stereocenters. The van der Waals surface area contributed by atoms with Gasteiger partial charge in [0.2, 0.25) is 11.8 Å². The lowest BCUT2D eigenvalue weighted by atomic mass is 10.1. The molecule has 0 bridgehead atoms. The van der Waals surface area contributed by atoms with Crippen LogP contribution in [0.4, 0.5) is 17.1 Å². The third-order valence-electron chi connectivity index (χ3n) is 7.41. The number of benzene rings is 4. The summed E-state index contributed by atoms with van der Waals surface area (Å²) in [5, 5.41) is 5.07. The Morgan fingerprint density at radius 3 is 2.11 bits per heavy atom. The lowest BCUT2D eigenvalue weighted by Gasteiger charge is -2.19. The van der Waals surface area contributed by atoms with E-state index in [9.17, 15) is 19.2 Å². The van der Waals surface area contributed by atoms with Crippen LogP contribution in [0.3, 0.4) is 0 Å². The van der Waals surface area contributed by atoms with Crippen molar-refractivity contribution in [2.75, 3.05) is 29.2 Å². The Hall–Kier alpha value is -5.15. The second-order valence-corrected chi connectivity index (χ2v) is 12.2. The van der Waals surface area contributed by atoms with Crippen LogP contribution in [-0.4, -0.2) is 43.0 Å². The SMILES string of the molecule is Cc1cccc(C)c1N1C(=O)CC(Sc2ccc(NC(=O)/C(=C/c3ccc(N(C)C)cc3)NC(=O)c3ccccc3)cc2)C1=O. The van der Waals surface area contributed by atoms with Crippen molar-refractivity contribution in [1.82, 2.24) is 5.32 Å². The topological polar surface area (TPSA) is 98.8 Å². The molecule has 0 aliphatic carbocycles. The van der Waals surface area contributed by atoms with Crippen LogP contribution in [0, 0.1) is 13.8 Å². The number of para-hydroxylation sites is 1. The fourth-order valence-electron chi connectivity index (χ4n) is 5.05. The molecule has 9 heteroatoms. The Kier molecular flexibility index (Phi) is 9.49. The zero-order valence-corrected chi connectivity index (χ0v) is 26.4. The molecule has 4 aromatic rings. The molecule has 1 heterocycles. The molecular weight excluding hydrogens is 584 g/mol. The lowest BCUT2D eigenvalue weighted by Crippen LogP contribution is -2.32. The van der Waals surface area contributed by atoms with E-state index in [2.05, 4.69) is 10.6 Å². The molecule has 5 rings (SSSR count). The molecular formula is C36H34N4O4S. The Bertz CT molecular complexity index is 1750. The van der Waals surface area contributed by atoms with Crippen LogP contribution in [0.1, 0.15) is 33.5 Å². The van der Waals surface area contributed by atoms with Crippen molar-refractivity contribution >= 4 is 58.5 Å². The van der Waals surface area contributed by atoms with Crippen molar-refractivity contribution in [3.63, 3.8) is 0 Å². The van der Waals surface area contributed by atoms with Gasteiger partial charge in [0.25, 0.3) is 11.8 Å². The highest BCUT2D eigenvalue weighted by atomic mass is 32.2. The van der Waals surface area contributed by atoms with Crippen LogP contribution in [0.5, 0.6) is 0 Å². The average molecular weight is 619 g/mol. The van der Waals surface area contributed by atoms with Crippen LogP contribution >= 0.6 is 11.8 Å². The van der Waals surface area contributed by atoms with Gasteiger partial charge in [-0.2, -0.15) is 0 Å². The second kappa shape index (κ2) is 13.7. The van der Waals surface area contributed by atoms with Crippen molar-refractivity contribution in [1.29, 1.82) is 0 Å². The van der Waals surface area contributed by atoms with E-state index in [1.54, 1.807) is 54.6 Å². The lowest BCUT2D eigenvalue weighted by molar-refractivity contribution is -0.121. The summed E-state index contributed by atoms with van der Waals surface area (Å²) in [6, 6.07) is 29.0. The van der Waals surface area contributed by atoms with Crippen LogP contribution in [0.15, 0.2) is 108 Å². The molecule has 0 radical (unpaired) electrons. The summed E-state index contributed by atoms with van der Waals surface area (Å²) < 4.78 is 0. The van der Waals surface area contributed by atoms with Gasteiger partial charge in [-0.05, 0) is 85.1 Å². The molecule has 1 fully saturated rings. The Labute approximate surface area is 267 Å². The minimum Gasteiger partial charge on any atom is -0.378 e. The van der Waals surface area contributed by atoms with E-state index in [4.69, 9.17) is 0 Å². The van der Waals surface area contributed by atoms with Gasteiger partial charge in [-0.1, -0.05) is 48.5 Å². The fraction of sp³-hybridized carbons (Fsp3) is 0.167. The molecule has 1 aliphatic heterocycles. The summed E-state index contributed by atoms with van der Waals surface area (Å²) in [5.74, 6) is -1.34. The zero-order valence-electron chi connectivity index (χ0n) is 25.5. The first kappa shape index (κ1) is 31.3.